The number of carbonyl (C=O) groups is 1. The fraction of sp³-hybridized carbons (Fsp3) is 0.450. The Bertz CT molecular complexity index is 1160. The lowest BCUT2D eigenvalue weighted by atomic mass is 9.61. The predicted molar refractivity (Wildman–Crippen MR) is 109 cm³/mol. The molecular formula is C20H20ClFN4O4S. The lowest BCUT2D eigenvalue weighted by molar-refractivity contribution is -0.0756. The molecule has 1 saturated carbocycles. The maximum absolute atomic E-state index is 14.0. The smallest absolute Gasteiger partial charge is 0.261 e. The lowest BCUT2D eigenvalue weighted by Crippen LogP contribution is -2.68. The highest BCUT2D eigenvalue weighted by atomic mass is 35.5. The van der Waals surface area contributed by atoms with Crippen LogP contribution in [-0.2, 0) is 10.0 Å². The molecule has 1 aromatic carbocycles. The molecule has 2 fully saturated rings. The van der Waals surface area contributed by atoms with Gasteiger partial charge in [0.15, 0.2) is 0 Å². The van der Waals surface area contributed by atoms with E-state index in [1.54, 1.807) is 4.90 Å². The summed E-state index contributed by atoms with van der Waals surface area (Å²) in [5, 5.41) is 0.0147. The zero-order valence-corrected chi connectivity index (χ0v) is 18.2. The molecule has 8 nitrogen and oxygen atoms in total. The number of rotatable bonds is 3. The van der Waals surface area contributed by atoms with E-state index in [4.69, 9.17) is 16.3 Å². The van der Waals surface area contributed by atoms with Gasteiger partial charge in [-0.1, -0.05) is 12.1 Å². The molecule has 0 bridgehead atoms. The molecule has 164 valence electrons. The molecule has 1 atom stereocenters. The van der Waals surface area contributed by atoms with E-state index >= 15 is 0 Å². The molecule has 3 heterocycles. The van der Waals surface area contributed by atoms with Crippen LogP contribution in [0.4, 0.5) is 4.39 Å². The van der Waals surface area contributed by atoms with Crippen molar-refractivity contribution in [2.24, 2.45) is 5.41 Å². The normalized spacial score (nSPS) is 23.5. The van der Waals surface area contributed by atoms with Gasteiger partial charge in [-0.05, 0) is 43.5 Å². The fourth-order valence-corrected chi connectivity index (χ4v) is 6.66. The van der Waals surface area contributed by atoms with Gasteiger partial charge in [0.05, 0.1) is 6.04 Å². The Morgan fingerprint density at radius 2 is 1.97 bits per heavy atom. The molecule has 5 rings (SSSR count). The van der Waals surface area contributed by atoms with Crippen LogP contribution in [0.15, 0.2) is 35.4 Å². The third-order valence-corrected chi connectivity index (χ3v) is 8.34. The van der Waals surface area contributed by atoms with E-state index in [1.807, 2.05) is 6.92 Å². The number of nitrogens with zero attached hydrogens (tertiary/aromatic N) is 4. The summed E-state index contributed by atoms with van der Waals surface area (Å²) in [7, 11) is -3.87. The maximum Gasteiger partial charge on any atom is 0.261 e. The summed E-state index contributed by atoms with van der Waals surface area (Å²) in [6.07, 6.45) is 2.73. The van der Waals surface area contributed by atoms with Gasteiger partial charge in [-0.2, -0.15) is 9.29 Å². The second-order valence-corrected chi connectivity index (χ2v) is 10.7. The van der Waals surface area contributed by atoms with Crippen LogP contribution in [0.1, 0.15) is 30.1 Å². The van der Waals surface area contributed by atoms with Crippen LogP contribution in [-0.4, -0.2) is 65.3 Å². The van der Waals surface area contributed by atoms with Gasteiger partial charge in [-0.3, -0.25) is 4.79 Å². The zero-order valence-electron chi connectivity index (χ0n) is 16.7. The molecule has 1 aliphatic carbocycles. The van der Waals surface area contributed by atoms with Crippen molar-refractivity contribution in [3.05, 3.63) is 47.1 Å². The molecular weight excluding hydrogens is 447 g/mol. The number of benzene rings is 1. The van der Waals surface area contributed by atoms with Gasteiger partial charge in [0.25, 0.3) is 5.91 Å². The van der Waals surface area contributed by atoms with Gasteiger partial charge in [0.1, 0.15) is 22.9 Å². The van der Waals surface area contributed by atoms with Crippen LogP contribution in [0.5, 0.6) is 5.88 Å². The maximum atomic E-state index is 14.0. The minimum Gasteiger partial charge on any atom is -0.475 e. The van der Waals surface area contributed by atoms with E-state index in [9.17, 15) is 17.6 Å². The average Bonchev–Trinajstić information content (AvgIpc) is 2.77. The molecule has 1 amide bonds. The molecule has 31 heavy (non-hydrogen) atoms. The molecule has 1 saturated heterocycles. The summed E-state index contributed by atoms with van der Waals surface area (Å²) in [6.45, 7) is 2.83. The zero-order chi connectivity index (χ0) is 22.0. The number of ether oxygens (including phenoxy) is 1. The molecule has 2 aliphatic heterocycles. The Hall–Kier alpha value is -2.30. The first kappa shape index (κ1) is 20.6. The number of hydrogen-bond donors (Lipinski definition) is 0. The number of fused-ring (bicyclic) bond motifs is 1. The van der Waals surface area contributed by atoms with Crippen molar-refractivity contribution in [1.29, 1.82) is 0 Å². The second kappa shape index (κ2) is 7.11. The Labute approximate surface area is 184 Å². The highest BCUT2D eigenvalue weighted by molar-refractivity contribution is 7.89. The Kier molecular flexibility index (Phi) is 4.72. The largest absolute Gasteiger partial charge is 0.475 e. The van der Waals surface area contributed by atoms with E-state index in [0.717, 1.165) is 6.07 Å². The van der Waals surface area contributed by atoms with Crippen LogP contribution in [0, 0.1) is 11.2 Å². The summed E-state index contributed by atoms with van der Waals surface area (Å²) in [5.41, 5.74) is 0.0854. The minimum atomic E-state index is -3.87. The number of sulfonamides is 1. The van der Waals surface area contributed by atoms with Crippen LogP contribution in [0.25, 0.3) is 0 Å². The number of halogens is 2. The van der Waals surface area contributed by atoms with Gasteiger partial charge in [-0.25, -0.2) is 17.8 Å². The monoisotopic (exact) mass is 466 g/mol. The fourth-order valence-electron chi connectivity index (χ4n) is 4.81. The predicted octanol–water partition coefficient (Wildman–Crippen LogP) is 2.35. The standard InChI is InChI=1S/C20H20ClFN4O4S/c1-12-9-30-17-14(8-23-19(21)24-17)18(27)26(12)13-6-20(7-13)10-25(11-20)31(28,29)16-5-3-2-4-15(16)22/h2-5,8,12-13H,6-7,9-11H2,1H3/t12-/m1/s1. The Morgan fingerprint density at radius 1 is 1.26 bits per heavy atom. The van der Waals surface area contributed by atoms with Crippen LogP contribution >= 0.6 is 11.6 Å². The van der Waals surface area contributed by atoms with Crippen molar-refractivity contribution >= 4 is 27.5 Å². The third kappa shape index (κ3) is 3.28. The van der Waals surface area contributed by atoms with E-state index in [2.05, 4.69) is 9.97 Å². The van der Waals surface area contributed by atoms with Crippen molar-refractivity contribution in [2.75, 3.05) is 19.7 Å². The number of hydrogen-bond acceptors (Lipinski definition) is 6. The van der Waals surface area contributed by atoms with Crippen LogP contribution < -0.4 is 4.74 Å². The van der Waals surface area contributed by atoms with Crippen molar-refractivity contribution in [3.63, 3.8) is 0 Å². The van der Waals surface area contributed by atoms with Gasteiger partial charge in [0.2, 0.25) is 21.2 Å². The molecule has 2 aromatic rings. The lowest BCUT2D eigenvalue weighted by Gasteiger charge is -2.60. The second-order valence-electron chi connectivity index (χ2n) is 8.50. The summed E-state index contributed by atoms with van der Waals surface area (Å²) in [4.78, 5) is 22.5. The molecule has 1 spiro atoms. The number of carbonyl (C=O) groups excluding carboxylic acids is 1. The highest BCUT2D eigenvalue weighted by Crippen LogP contribution is 2.52. The molecule has 1 aromatic heterocycles. The quantitative estimate of drug-likeness (QED) is 0.645. The van der Waals surface area contributed by atoms with Crippen molar-refractivity contribution in [2.45, 2.75) is 36.7 Å². The van der Waals surface area contributed by atoms with Gasteiger partial charge in [0, 0.05) is 30.7 Å². The van der Waals surface area contributed by atoms with E-state index in [-0.39, 0.29) is 51.6 Å². The van der Waals surface area contributed by atoms with E-state index in [1.165, 1.54) is 28.7 Å². The third-order valence-electron chi connectivity index (χ3n) is 6.33. The first-order valence-electron chi connectivity index (χ1n) is 9.93. The van der Waals surface area contributed by atoms with Crippen LogP contribution in [0.2, 0.25) is 5.28 Å². The van der Waals surface area contributed by atoms with Gasteiger partial charge < -0.3 is 9.64 Å². The highest BCUT2D eigenvalue weighted by Gasteiger charge is 2.58. The Morgan fingerprint density at radius 3 is 2.68 bits per heavy atom. The number of aromatic nitrogens is 2. The van der Waals surface area contributed by atoms with E-state index < -0.39 is 15.8 Å². The molecule has 11 heteroatoms. The molecule has 0 N–H and O–H groups in total. The SMILES string of the molecule is C[C@@H]1COc2nc(Cl)ncc2C(=O)N1C1CC2(C1)CN(S(=O)(=O)c1ccccc1F)C2. The van der Waals surface area contributed by atoms with Crippen molar-refractivity contribution < 1.29 is 22.3 Å². The summed E-state index contributed by atoms with van der Waals surface area (Å²) < 4.78 is 46.4. The number of amides is 1. The summed E-state index contributed by atoms with van der Waals surface area (Å²) in [6, 6.07) is 5.18. The van der Waals surface area contributed by atoms with Crippen molar-refractivity contribution in [1.82, 2.24) is 19.2 Å². The van der Waals surface area contributed by atoms with Crippen LogP contribution in [0.3, 0.4) is 0 Å². The Balaban J connectivity index is 1.29. The molecule has 0 unspecified atom stereocenters. The van der Waals surface area contributed by atoms with Crippen molar-refractivity contribution in [3.8, 4) is 5.88 Å². The van der Waals surface area contributed by atoms with E-state index in [0.29, 0.717) is 25.9 Å². The molecule has 0 radical (unpaired) electrons. The van der Waals surface area contributed by atoms with Gasteiger partial charge >= 0.3 is 0 Å². The first-order chi connectivity index (χ1) is 14.7. The minimum absolute atomic E-state index is 0.0147. The van der Waals surface area contributed by atoms with Gasteiger partial charge in [-0.15, -0.1) is 0 Å². The topological polar surface area (TPSA) is 92.7 Å². The summed E-state index contributed by atoms with van der Waals surface area (Å²) >= 11 is 5.82. The average molecular weight is 467 g/mol. The summed E-state index contributed by atoms with van der Waals surface area (Å²) in [5.74, 6) is -0.786. The first-order valence-corrected chi connectivity index (χ1v) is 11.7. The molecule has 3 aliphatic rings.